The Morgan fingerprint density at radius 1 is 1.13 bits per heavy atom. The highest BCUT2D eigenvalue weighted by Gasteiger charge is 2.30. The smallest absolute Gasteiger partial charge is 0.252 e. The molecule has 4 rings (SSSR count). The third kappa shape index (κ3) is 4.02. The number of piperazine rings is 1. The Balaban J connectivity index is 1.42. The molecule has 1 fully saturated rings. The molecule has 160 valence electrons. The molecule has 0 atom stereocenters. The third-order valence-corrected chi connectivity index (χ3v) is 9.53. The van der Waals surface area contributed by atoms with E-state index in [0.717, 1.165) is 22.2 Å². The number of thiazole rings is 1. The van der Waals surface area contributed by atoms with Gasteiger partial charge in [-0.2, -0.15) is 4.31 Å². The zero-order chi connectivity index (χ0) is 21.5. The van der Waals surface area contributed by atoms with E-state index in [2.05, 4.69) is 4.98 Å². The van der Waals surface area contributed by atoms with E-state index in [1.807, 2.05) is 41.7 Å². The van der Waals surface area contributed by atoms with Gasteiger partial charge in [-0.15, -0.1) is 22.7 Å². The Hall–Kier alpha value is -1.85. The number of carbonyl (C=O) groups excluding carboxylic acids is 1. The maximum atomic E-state index is 13.0. The van der Waals surface area contributed by atoms with Crippen molar-refractivity contribution in [2.45, 2.75) is 25.0 Å². The molecule has 0 bridgehead atoms. The zero-order valence-corrected chi connectivity index (χ0v) is 19.6. The van der Waals surface area contributed by atoms with E-state index in [0.29, 0.717) is 36.0 Å². The van der Waals surface area contributed by atoms with Crippen molar-refractivity contribution >= 4 is 38.5 Å². The van der Waals surface area contributed by atoms with Crippen molar-refractivity contribution in [3.05, 3.63) is 51.6 Å². The van der Waals surface area contributed by atoms with Gasteiger partial charge in [-0.05, 0) is 38.3 Å². The summed E-state index contributed by atoms with van der Waals surface area (Å²) < 4.78 is 29.2. The van der Waals surface area contributed by atoms with Crippen molar-refractivity contribution in [1.29, 1.82) is 0 Å². The Morgan fingerprint density at radius 3 is 2.47 bits per heavy atom. The van der Waals surface area contributed by atoms with E-state index in [4.69, 9.17) is 0 Å². The van der Waals surface area contributed by atoms with Crippen molar-refractivity contribution < 1.29 is 13.2 Å². The average Bonchev–Trinajstić information content (AvgIpc) is 3.44. The van der Waals surface area contributed by atoms with Crippen LogP contribution in [0.15, 0.2) is 33.2 Å². The molecule has 0 saturated carbocycles. The summed E-state index contributed by atoms with van der Waals surface area (Å²) in [4.78, 5) is 19.6. The number of ketones is 1. The topological polar surface area (TPSA) is 75.5 Å². The number of thiophene rings is 1. The molecule has 7 nitrogen and oxygen atoms in total. The van der Waals surface area contributed by atoms with Crippen LogP contribution in [0, 0.1) is 20.8 Å². The first-order valence-electron chi connectivity index (χ1n) is 9.68. The van der Waals surface area contributed by atoms with Crippen molar-refractivity contribution in [3.8, 4) is 5.13 Å². The van der Waals surface area contributed by atoms with Crippen molar-refractivity contribution in [1.82, 2.24) is 18.8 Å². The first-order chi connectivity index (χ1) is 14.3. The summed E-state index contributed by atoms with van der Waals surface area (Å²) >= 11 is 2.79. The maximum absolute atomic E-state index is 13.0. The molecule has 0 unspecified atom stereocenters. The lowest BCUT2D eigenvalue weighted by atomic mass is 10.1. The Labute approximate surface area is 184 Å². The summed E-state index contributed by atoms with van der Waals surface area (Å²) in [5.74, 6) is 0.0530. The van der Waals surface area contributed by atoms with Crippen LogP contribution in [0.5, 0.6) is 0 Å². The first kappa shape index (κ1) is 21.4. The molecule has 0 radical (unpaired) electrons. The van der Waals surface area contributed by atoms with Gasteiger partial charge in [-0.1, -0.05) is 6.07 Å². The molecular formula is C20H24N4O3S3. The predicted octanol–water partition coefficient (Wildman–Crippen LogP) is 3.11. The van der Waals surface area contributed by atoms with E-state index in [9.17, 15) is 13.2 Å². The van der Waals surface area contributed by atoms with Crippen LogP contribution >= 0.6 is 22.7 Å². The molecule has 1 saturated heterocycles. The highest BCUT2D eigenvalue weighted by molar-refractivity contribution is 7.91. The van der Waals surface area contributed by atoms with Gasteiger partial charge in [0.2, 0.25) is 0 Å². The van der Waals surface area contributed by atoms with Gasteiger partial charge < -0.3 is 0 Å². The Kier molecular flexibility index (Phi) is 5.95. The number of hydrogen-bond donors (Lipinski definition) is 0. The molecule has 0 amide bonds. The summed E-state index contributed by atoms with van der Waals surface area (Å²) in [5.41, 5.74) is 3.54. The van der Waals surface area contributed by atoms with Crippen LogP contribution < -0.4 is 0 Å². The molecule has 3 aromatic rings. The lowest BCUT2D eigenvalue weighted by Crippen LogP contribution is -2.49. The van der Waals surface area contributed by atoms with Crippen molar-refractivity contribution in [3.63, 3.8) is 0 Å². The quantitative estimate of drug-likeness (QED) is 0.524. The lowest BCUT2D eigenvalue weighted by molar-refractivity contribution is 0.0901. The predicted molar refractivity (Wildman–Crippen MR) is 120 cm³/mol. The number of sulfonamides is 1. The minimum absolute atomic E-state index is 0.0530. The molecular weight excluding hydrogens is 440 g/mol. The molecule has 3 aromatic heterocycles. The second kappa shape index (κ2) is 8.35. The number of aryl methyl sites for hydroxylation is 2. The highest BCUT2D eigenvalue weighted by atomic mass is 32.2. The maximum Gasteiger partial charge on any atom is 0.252 e. The van der Waals surface area contributed by atoms with E-state index in [1.54, 1.807) is 28.8 Å². The van der Waals surface area contributed by atoms with Gasteiger partial charge in [0, 0.05) is 48.5 Å². The number of carbonyl (C=O) groups is 1. The Bertz CT molecular complexity index is 1150. The van der Waals surface area contributed by atoms with Crippen LogP contribution in [0.1, 0.15) is 27.4 Å². The molecule has 0 N–H and O–H groups in total. The SMILES string of the molecule is Cc1csc(-n2c(C)cc(C(=O)CN3CCN(S(=O)(=O)c4cccs4)CC3)c2C)n1. The standard InChI is InChI=1S/C20H24N4O3S3/c1-14-13-29-20(21-14)24-15(2)11-17(16(24)3)18(25)12-22-6-8-23(9-7-22)30(26,27)19-5-4-10-28-19/h4-5,10-11,13H,6-9,12H2,1-3H3. The summed E-state index contributed by atoms with van der Waals surface area (Å²) in [6.45, 7) is 8.04. The van der Waals surface area contributed by atoms with E-state index < -0.39 is 10.0 Å². The summed E-state index contributed by atoms with van der Waals surface area (Å²) in [7, 11) is -3.43. The van der Waals surface area contributed by atoms with Crippen LogP contribution in [0.2, 0.25) is 0 Å². The molecule has 0 aliphatic carbocycles. The monoisotopic (exact) mass is 464 g/mol. The average molecular weight is 465 g/mol. The summed E-state index contributed by atoms with van der Waals surface area (Å²) in [5, 5.41) is 4.64. The first-order valence-corrected chi connectivity index (χ1v) is 12.9. The summed E-state index contributed by atoms with van der Waals surface area (Å²) in [6, 6.07) is 5.30. The lowest BCUT2D eigenvalue weighted by Gasteiger charge is -2.33. The van der Waals surface area contributed by atoms with Crippen LogP contribution in [0.4, 0.5) is 0 Å². The van der Waals surface area contributed by atoms with Crippen LogP contribution in [-0.2, 0) is 10.0 Å². The normalized spacial score (nSPS) is 16.2. The van der Waals surface area contributed by atoms with Crippen molar-refractivity contribution in [2.24, 2.45) is 0 Å². The van der Waals surface area contributed by atoms with Crippen molar-refractivity contribution in [2.75, 3.05) is 32.7 Å². The van der Waals surface area contributed by atoms with Gasteiger partial charge in [0.25, 0.3) is 10.0 Å². The number of aromatic nitrogens is 2. The summed E-state index contributed by atoms with van der Waals surface area (Å²) in [6.07, 6.45) is 0. The molecule has 10 heteroatoms. The van der Waals surface area contributed by atoms with E-state index in [-0.39, 0.29) is 12.3 Å². The van der Waals surface area contributed by atoms with Gasteiger partial charge in [0.05, 0.1) is 12.2 Å². The third-order valence-electron chi connectivity index (χ3n) is 5.32. The second-order valence-corrected chi connectivity index (χ2v) is 11.4. The van der Waals surface area contributed by atoms with Gasteiger partial charge in [0.1, 0.15) is 4.21 Å². The fourth-order valence-electron chi connectivity index (χ4n) is 3.74. The number of rotatable bonds is 6. The minimum atomic E-state index is -3.43. The van der Waals surface area contributed by atoms with Gasteiger partial charge in [-0.3, -0.25) is 14.3 Å². The molecule has 1 aliphatic heterocycles. The van der Waals surface area contributed by atoms with E-state index >= 15 is 0 Å². The van der Waals surface area contributed by atoms with E-state index in [1.165, 1.54) is 15.6 Å². The number of nitrogens with zero attached hydrogens (tertiary/aromatic N) is 4. The van der Waals surface area contributed by atoms with Crippen LogP contribution in [0.25, 0.3) is 5.13 Å². The van der Waals surface area contributed by atoms with Gasteiger partial charge in [0.15, 0.2) is 10.9 Å². The molecule has 4 heterocycles. The second-order valence-electron chi connectivity index (χ2n) is 7.43. The zero-order valence-electron chi connectivity index (χ0n) is 17.2. The van der Waals surface area contributed by atoms with Gasteiger partial charge >= 0.3 is 0 Å². The highest BCUT2D eigenvalue weighted by Crippen LogP contribution is 2.25. The molecule has 0 aromatic carbocycles. The molecule has 30 heavy (non-hydrogen) atoms. The fourth-order valence-corrected chi connectivity index (χ4v) is 7.22. The fraction of sp³-hybridized carbons (Fsp3) is 0.400. The minimum Gasteiger partial charge on any atom is -0.294 e. The number of Topliss-reactive ketones (excluding diaryl/α,β-unsaturated/α-hetero) is 1. The largest absolute Gasteiger partial charge is 0.294 e. The van der Waals surface area contributed by atoms with Crippen LogP contribution in [0.3, 0.4) is 0 Å². The molecule has 0 spiro atoms. The Morgan fingerprint density at radius 2 is 1.87 bits per heavy atom. The number of hydrogen-bond acceptors (Lipinski definition) is 7. The van der Waals surface area contributed by atoms with Gasteiger partial charge in [-0.25, -0.2) is 13.4 Å². The van der Waals surface area contributed by atoms with Crippen LogP contribution in [-0.4, -0.2) is 65.7 Å². The molecule has 1 aliphatic rings.